The van der Waals surface area contributed by atoms with E-state index in [1.807, 2.05) is 43.3 Å². The van der Waals surface area contributed by atoms with Crippen molar-refractivity contribution in [2.75, 3.05) is 33.4 Å². The van der Waals surface area contributed by atoms with Gasteiger partial charge in [-0.3, -0.25) is 9.59 Å². The summed E-state index contributed by atoms with van der Waals surface area (Å²) in [5.41, 5.74) is 3.14. The summed E-state index contributed by atoms with van der Waals surface area (Å²) in [5.74, 6) is -1.36. The molecule has 8 heteroatoms. The third kappa shape index (κ3) is 5.03. The van der Waals surface area contributed by atoms with Gasteiger partial charge in [-0.05, 0) is 41.0 Å². The number of carbonyl (C=O) groups is 3. The lowest BCUT2D eigenvalue weighted by Crippen LogP contribution is -2.60. The summed E-state index contributed by atoms with van der Waals surface area (Å²) in [6, 6.07) is 16.2. The Labute approximate surface area is 205 Å². The van der Waals surface area contributed by atoms with E-state index in [1.54, 1.807) is 11.8 Å². The Bertz CT molecular complexity index is 1070. The molecule has 8 nitrogen and oxygen atoms in total. The molecule has 0 spiro atoms. The number of hydrogen-bond acceptors (Lipinski definition) is 5. The monoisotopic (exact) mass is 480 g/mol. The summed E-state index contributed by atoms with van der Waals surface area (Å²) in [5, 5.41) is 11.9. The van der Waals surface area contributed by atoms with Crippen LogP contribution in [0.2, 0.25) is 0 Å². The zero-order chi connectivity index (χ0) is 25.2. The number of carbonyl (C=O) groups excluding carboxylic acids is 2. The van der Waals surface area contributed by atoms with Gasteiger partial charge < -0.3 is 24.8 Å². The second kappa shape index (κ2) is 10.1. The van der Waals surface area contributed by atoms with Crippen molar-refractivity contribution in [2.45, 2.75) is 31.7 Å². The van der Waals surface area contributed by atoms with Crippen molar-refractivity contribution in [3.8, 4) is 11.1 Å². The topological polar surface area (TPSA) is 105 Å². The molecule has 0 aromatic heterocycles. The number of fused-ring (bicyclic) bond motifs is 3. The van der Waals surface area contributed by atoms with E-state index in [0.717, 1.165) is 22.3 Å². The molecule has 1 heterocycles. The van der Waals surface area contributed by atoms with E-state index < -0.39 is 17.6 Å². The predicted molar refractivity (Wildman–Crippen MR) is 130 cm³/mol. The fourth-order valence-corrected chi connectivity index (χ4v) is 5.34. The Morgan fingerprint density at radius 2 is 1.66 bits per heavy atom. The molecule has 0 saturated carbocycles. The second-order valence-electron chi connectivity index (χ2n) is 9.76. The number of carboxylic acid groups (broad SMARTS) is 1. The van der Waals surface area contributed by atoms with Gasteiger partial charge in [0, 0.05) is 26.1 Å². The number of hydrogen-bond donors (Lipinski definition) is 2. The Hall–Kier alpha value is -3.39. The standard InChI is InChI=1S/C27H32N2O6/c1-17-13-29(14-18(17)12-24(30)31)25(32)27(2,16-34-3)28-26(33)35-15-23-21-10-6-4-8-19(21)20-9-5-7-11-22(20)23/h4-11,17-18,23H,12-16H2,1-3H3,(H,28,33)(H,30,31). The zero-order valence-corrected chi connectivity index (χ0v) is 20.3. The number of rotatable bonds is 8. The van der Waals surface area contributed by atoms with Gasteiger partial charge in [-0.1, -0.05) is 55.5 Å². The maximum atomic E-state index is 13.4. The predicted octanol–water partition coefficient (Wildman–Crippen LogP) is 3.50. The molecular formula is C27H32N2O6. The first-order valence-corrected chi connectivity index (χ1v) is 11.9. The van der Waals surface area contributed by atoms with Gasteiger partial charge in [0.1, 0.15) is 12.1 Å². The highest BCUT2D eigenvalue weighted by Crippen LogP contribution is 2.44. The number of aliphatic carboxylic acids is 1. The lowest BCUT2D eigenvalue weighted by molar-refractivity contribution is -0.140. The molecule has 4 rings (SSSR count). The molecule has 35 heavy (non-hydrogen) atoms. The Balaban J connectivity index is 1.43. The number of carboxylic acids is 1. The highest BCUT2D eigenvalue weighted by atomic mass is 16.5. The van der Waals surface area contributed by atoms with Crippen molar-refractivity contribution in [3.05, 3.63) is 59.7 Å². The average Bonchev–Trinajstić information content (AvgIpc) is 3.34. The minimum atomic E-state index is -1.34. The molecule has 2 N–H and O–H groups in total. The molecule has 2 amide bonds. The maximum absolute atomic E-state index is 13.4. The van der Waals surface area contributed by atoms with Crippen molar-refractivity contribution >= 4 is 18.0 Å². The van der Waals surface area contributed by atoms with Gasteiger partial charge >= 0.3 is 12.1 Å². The Morgan fingerprint density at radius 1 is 1.06 bits per heavy atom. The van der Waals surface area contributed by atoms with Crippen LogP contribution in [0.5, 0.6) is 0 Å². The first-order chi connectivity index (χ1) is 16.7. The van der Waals surface area contributed by atoms with E-state index in [9.17, 15) is 14.4 Å². The summed E-state index contributed by atoms with van der Waals surface area (Å²) in [6.07, 6.45) is -0.694. The number of nitrogens with zero attached hydrogens (tertiary/aromatic N) is 1. The van der Waals surface area contributed by atoms with Gasteiger partial charge in [-0.15, -0.1) is 0 Å². The molecule has 0 radical (unpaired) electrons. The number of likely N-dealkylation sites (tertiary alicyclic amines) is 1. The third-order valence-electron chi connectivity index (χ3n) is 7.12. The van der Waals surface area contributed by atoms with Gasteiger partial charge in [0.05, 0.1) is 13.0 Å². The molecular weight excluding hydrogens is 448 g/mol. The fraction of sp³-hybridized carbons (Fsp3) is 0.444. The van der Waals surface area contributed by atoms with E-state index >= 15 is 0 Å². The quantitative estimate of drug-likeness (QED) is 0.599. The van der Waals surface area contributed by atoms with Crippen LogP contribution in [0.3, 0.4) is 0 Å². The van der Waals surface area contributed by atoms with E-state index in [0.29, 0.717) is 13.1 Å². The average molecular weight is 481 g/mol. The van der Waals surface area contributed by atoms with E-state index in [4.69, 9.17) is 14.6 Å². The van der Waals surface area contributed by atoms with Gasteiger partial charge in [0.25, 0.3) is 5.91 Å². The van der Waals surface area contributed by atoms with Crippen LogP contribution in [0.15, 0.2) is 48.5 Å². The molecule has 1 aliphatic carbocycles. The molecule has 3 atom stereocenters. The molecule has 0 bridgehead atoms. The summed E-state index contributed by atoms with van der Waals surface area (Å²) in [6.45, 7) is 4.41. The van der Waals surface area contributed by atoms with Crippen LogP contribution in [0.1, 0.15) is 37.3 Å². The number of methoxy groups -OCH3 is 1. The SMILES string of the molecule is COCC(C)(NC(=O)OCC1c2ccccc2-c2ccccc21)C(=O)N1CC(C)C(CC(=O)O)C1. The summed E-state index contributed by atoms with van der Waals surface area (Å²) in [4.78, 5) is 39.0. The molecule has 2 aliphatic rings. The van der Waals surface area contributed by atoms with Crippen LogP contribution in [0.25, 0.3) is 11.1 Å². The van der Waals surface area contributed by atoms with Gasteiger partial charge in [0.15, 0.2) is 0 Å². The van der Waals surface area contributed by atoms with Crippen LogP contribution in [0, 0.1) is 11.8 Å². The minimum Gasteiger partial charge on any atom is -0.481 e. The largest absolute Gasteiger partial charge is 0.481 e. The third-order valence-corrected chi connectivity index (χ3v) is 7.12. The van der Waals surface area contributed by atoms with Crippen LogP contribution in [0.4, 0.5) is 4.79 Å². The van der Waals surface area contributed by atoms with Crippen LogP contribution in [-0.2, 0) is 19.1 Å². The van der Waals surface area contributed by atoms with E-state index in [1.165, 1.54) is 7.11 Å². The van der Waals surface area contributed by atoms with Crippen LogP contribution in [-0.4, -0.2) is 66.9 Å². The van der Waals surface area contributed by atoms with E-state index in [-0.39, 0.29) is 43.3 Å². The first-order valence-electron chi connectivity index (χ1n) is 11.9. The lowest BCUT2D eigenvalue weighted by Gasteiger charge is -2.32. The molecule has 3 unspecified atom stereocenters. The molecule has 1 fully saturated rings. The summed E-state index contributed by atoms with van der Waals surface area (Å²) < 4.78 is 10.9. The van der Waals surface area contributed by atoms with Gasteiger partial charge in [0.2, 0.25) is 0 Å². The number of amides is 2. The van der Waals surface area contributed by atoms with Crippen molar-refractivity contribution in [2.24, 2.45) is 11.8 Å². The number of nitrogens with one attached hydrogen (secondary N) is 1. The second-order valence-corrected chi connectivity index (χ2v) is 9.76. The molecule has 186 valence electrons. The fourth-order valence-electron chi connectivity index (χ4n) is 5.34. The summed E-state index contributed by atoms with van der Waals surface area (Å²) >= 11 is 0. The van der Waals surface area contributed by atoms with Gasteiger partial charge in [-0.25, -0.2) is 4.79 Å². The summed E-state index contributed by atoms with van der Waals surface area (Å²) in [7, 11) is 1.46. The van der Waals surface area contributed by atoms with Crippen molar-refractivity contribution in [1.29, 1.82) is 0 Å². The number of benzene rings is 2. The minimum absolute atomic E-state index is 0.00570. The van der Waals surface area contributed by atoms with Crippen molar-refractivity contribution in [3.63, 3.8) is 0 Å². The highest BCUT2D eigenvalue weighted by molar-refractivity contribution is 5.90. The van der Waals surface area contributed by atoms with Crippen LogP contribution < -0.4 is 5.32 Å². The molecule has 1 aliphatic heterocycles. The number of alkyl carbamates (subject to hydrolysis) is 1. The Morgan fingerprint density at radius 3 is 2.23 bits per heavy atom. The maximum Gasteiger partial charge on any atom is 0.408 e. The van der Waals surface area contributed by atoms with Gasteiger partial charge in [-0.2, -0.15) is 0 Å². The van der Waals surface area contributed by atoms with E-state index in [2.05, 4.69) is 17.4 Å². The van der Waals surface area contributed by atoms with Crippen LogP contribution >= 0.6 is 0 Å². The Kier molecular flexibility index (Phi) is 7.12. The number of ether oxygens (including phenoxy) is 2. The first kappa shape index (κ1) is 24.7. The molecule has 2 aromatic rings. The smallest absolute Gasteiger partial charge is 0.408 e. The molecule has 1 saturated heterocycles. The zero-order valence-electron chi connectivity index (χ0n) is 20.3. The molecule has 2 aromatic carbocycles. The van der Waals surface area contributed by atoms with Crippen molar-refractivity contribution in [1.82, 2.24) is 10.2 Å². The lowest BCUT2D eigenvalue weighted by atomic mass is 9.95. The highest BCUT2D eigenvalue weighted by Gasteiger charge is 2.43. The van der Waals surface area contributed by atoms with Crippen molar-refractivity contribution < 1.29 is 29.0 Å². The normalized spacial score (nSPS) is 20.6.